The number of nitriles is 1. The number of fused-ring (bicyclic) bond motifs is 2. The predicted molar refractivity (Wildman–Crippen MR) is 82.2 cm³/mol. The van der Waals surface area contributed by atoms with Gasteiger partial charge in [0, 0.05) is 42.6 Å². The topological polar surface area (TPSA) is 108 Å². The van der Waals surface area contributed by atoms with Crippen molar-refractivity contribution < 1.29 is 9.59 Å². The fourth-order valence-electron chi connectivity index (χ4n) is 3.28. The third-order valence-corrected chi connectivity index (χ3v) is 4.56. The molecule has 3 aromatic rings. The molecule has 1 amide bonds. The summed E-state index contributed by atoms with van der Waals surface area (Å²) in [5, 5.41) is 13.9. The number of carbonyl (C=O) groups is 2. The van der Waals surface area contributed by atoms with Gasteiger partial charge in [0.05, 0.1) is 23.1 Å². The number of rotatable bonds is 0. The van der Waals surface area contributed by atoms with E-state index < -0.39 is 0 Å². The Bertz CT molecular complexity index is 1080. The lowest BCUT2D eigenvalue weighted by molar-refractivity contribution is 0.104. The molecule has 4 heterocycles. The molecular weight excluding hydrogens is 308 g/mol. The fraction of sp³-hybridized carbons (Fsp3) is 0.188. The van der Waals surface area contributed by atoms with Gasteiger partial charge in [0.15, 0.2) is 5.78 Å². The van der Waals surface area contributed by atoms with Gasteiger partial charge in [-0.3, -0.25) is 4.79 Å². The molecule has 3 aromatic heterocycles. The zero-order valence-electron chi connectivity index (χ0n) is 12.4. The Morgan fingerprint density at radius 1 is 1.33 bits per heavy atom. The number of carbonyl (C=O) groups excluding carboxylic acids is 2. The maximum absolute atomic E-state index is 12.7. The first-order valence-corrected chi connectivity index (χ1v) is 7.47. The van der Waals surface area contributed by atoms with E-state index in [1.807, 2.05) is 0 Å². The van der Waals surface area contributed by atoms with E-state index in [0.717, 1.165) is 10.9 Å². The maximum atomic E-state index is 12.7. The minimum atomic E-state index is -0.319. The number of hydrogen-bond acceptors (Lipinski definition) is 5. The van der Waals surface area contributed by atoms with E-state index in [4.69, 9.17) is 5.26 Å². The molecule has 1 N–H and O–H groups in total. The summed E-state index contributed by atoms with van der Waals surface area (Å²) >= 11 is 0. The lowest BCUT2D eigenvalue weighted by atomic mass is 9.92. The smallest absolute Gasteiger partial charge is 0.344 e. The number of aromatic amines is 1. The van der Waals surface area contributed by atoms with Crippen LogP contribution < -0.4 is 0 Å². The Balaban J connectivity index is 1.61. The average Bonchev–Trinajstić information content (AvgIpc) is 3.17. The summed E-state index contributed by atoms with van der Waals surface area (Å²) in [5.41, 5.74) is 2.85. The number of likely N-dealkylation sites (tertiary alicyclic amines) is 1. The molecule has 0 atom stereocenters. The Kier molecular flexibility index (Phi) is 2.33. The zero-order chi connectivity index (χ0) is 16.4. The van der Waals surface area contributed by atoms with Crippen LogP contribution >= 0.6 is 0 Å². The van der Waals surface area contributed by atoms with Crippen molar-refractivity contribution in [2.75, 3.05) is 13.1 Å². The van der Waals surface area contributed by atoms with Crippen molar-refractivity contribution in [3.63, 3.8) is 0 Å². The Morgan fingerprint density at radius 3 is 2.96 bits per heavy atom. The van der Waals surface area contributed by atoms with E-state index in [9.17, 15) is 9.59 Å². The number of nitrogens with zero attached hydrogens (tertiary/aromatic N) is 5. The summed E-state index contributed by atoms with van der Waals surface area (Å²) in [7, 11) is 0. The van der Waals surface area contributed by atoms with Gasteiger partial charge in [0.1, 0.15) is 11.3 Å². The van der Waals surface area contributed by atoms with E-state index >= 15 is 0 Å². The van der Waals surface area contributed by atoms with E-state index in [1.54, 1.807) is 23.4 Å². The predicted octanol–water partition coefficient (Wildman–Crippen LogP) is 1.39. The number of ketones is 1. The summed E-state index contributed by atoms with van der Waals surface area (Å²) < 4.78 is 1.19. The molecule has 0 saturated carbocycles. The molecule has 24 heavy (non-hydrogen) atoms. The molecule has 1 saturated heterocycles. The molecule has 0 aromatic carbocycles. The number of nitrogens with one attached hydrogen (secondary N) is 1. The Morgan fingerprint density at radius 2 is 2.17 bits per heavy atom. The van der Waals surface area contributed by atoms with Gasteiger partial charge < -0.3 is 9.88 Å². The van der Waals surface area contributed by atoms with Crippen molar-refractivity contribution in [2.24, 2.45) is 5.92 Å². The monoisotopic (exact) mass is 318 g/mol. The normalized spacial score (nSPS) is 16.0. The number of aromatic nitrogens is 4. The van der Waals surface area contributed by atoms with Gasteiger partial charge in [-0.25, -0.2) is 9.78 Å². The van der Waals surface area contributed by atoms with Crippen molar-refractivity contribution in [1.29, 1.82) is 5.26 Å². The summed E-state index contributed by atoms with van der Waals surface area (Å²) in [4.78, 5) is 33.9. The molecule has 0 radical (unpaired) electrons. The molecule has 0 bridgehead atoms. The number of H-pyrrole nitrogens is 1. The van der Waals surface area contributed by atoms with E-state index in [-0.39, 0.29) is 17.7 Å². The van der Waals surface area contributed by atoms with Crippen molar-refractivity contribution >= 4 is 22.8 Å². The van der Waals surface area contributed by atoms with Gasteiger partial charge in [-0.05, 0) is 6.07 Å². The standard InChI is InChI=1S/C16H10N6O2/c17-3-8-5-21(6-8)16(24)22-7-11-13(20-22)9-1-2-18-15-12(9)10(4-19-15)14(11)23/h1-2,4,7-8H,5-6H2,(H,18,19). The molecule has 8 heteroatoms. The SMILES string of the molecule is N#CC1CN(C(=O)n2cc3c(n2)-c2ccnc4[nH]cc(c24)C3=O)C1. The number of amides is 1. The molecule has 0 unspecified atom stereocenters. The molecule has 2 aliphatic rings. The van der Waals surface area contributed by atoms with Crippen LogP contribution in [0.4, 0.5) is 4.79 Å². The molecule has 1 aliphatic heterocycles. The Hall–Kier alpha value is -3.47. The molecule has 1 fully saturated rings. The molecule has 0 spiro atoms. The van der Waals surface area contributed by atoms with Crippen LogP contribution in [-0.2, 0) is 0 Å². The van der Waals surface area contributed by atoms with Crippen LogP contribution in [0.15, 0.2) is 24.7 Å². The first kappa shape index (κ1) is 13.0. The molecule has 8 nitrogen and oxygen atoms in total. The van der Waals surface area contributed by atoms with Gasteiger partial charge >= 0.3 is 6.03 Å². The van der Waals surface area contributed by atoms with Gasteiger partial charge in [-0.1, -0.05) is 0 Å². The van der Waals surface area contributed by atoms with Gasteiger partial charge in [0.2, 0.25) is 0 Å². The van der Waals surface area contributed by atoms with Crippen LogP contribution in [-0.4, -0.2) is 49.6 Å². The van der Waals surface area contributed by atoms with Crippen molar-refractivity contribution in [3.8, 4) is 17.3 Å². The van der Waals surface area contributed by atoms with Crippen LogP contribution in [0.3, 0.4) is 0 Å². The lowest BCUT2D eigenvalue weighted by Gasteiger charge is -2.34. The van der Waals surface area contributed by atoms with E-state index in [0.29, 0.717) is 35.6 Å². The van der Waals surface area contributed by atoms with Crippen LogP contribution in [0.5, 0.6) is 0 Å². The highest BCUT2D eigenvalue weighted by atomic mass is 16.2. The number of hydrogen-bond donors (Lipinski definition) is 1. The Labute approximate surface area is 135 Å². The molecule has 5 rings (SSSR count). The summed E-state index contributed by atoms with van der Waals surface area (Å²) in [6.45, 7) is 0.793. The van der Waals surface area contributed by atoms with Crippen molar-refractivity contribution in [3.05, 3.63) is 35.8 Å². The third kappa shape index (κ3) is 1.50. The molecule has 116 valence electrons. The summed E-state index contributed by atoms with van der Waals surface area (Å²) in [6.07, 6.45) is 4.76. The summed E-state index contributed by atoms with van der Waals surface area (Å²) in [6, 6.07) is 3.60. The third-order valence-electron chi connectivity index (χ3n) is 4.56. The molecule has 1 aliphatic carbocycles. The highest BCUT2D eigenvalue weighted by molar-refractivity contribution is 6.24. The number of pyridine rings is 1. The lowest BCUT2D eigenvalue weighted by Crippen LogP contribution is -2.51. The highest BCUT2D eigenvalue weighted by Gasteiger charge is 2.35. The average molecular weight is 318 g/mol. The quantitative estimate of drug-likeness (QED) is 0.527. The van der Waals surface area contributed by atoms with Crippen LogP contribution in [0.25, 0.3) is 22.3 Å². The van der Waals surface area contributed by atoms with Gasteiger partial charge in [0.25, 0.3) is 0 Å². The first-order valence-electron chi connectivity index (χ1n) is 7.47. The van der Waals surface area contributed by atoms with Crippen LogP contribution in [0, 0.1) is 17.2 Å². The minimum absolute atomic E-state index is 0.124. The van der Waals surface area contributed by atoms with Crippen molar-refractivity contribution in [1.82, 2.24) is 24.6 Å². The first-order chi connectivity index (χ1) is 11.7. The van der Waals surface area contributed by atoms with E-state index in [1.165, 1.54) is 10.9 Å². The van der Waals surface area contributed by atoms with E-state index in [2.05, 4.69) is 21.1 Å². The zero-order valence-corrected chi connectivity index (χ0v) is 12.4. The second kappa shape index (κ2) is 4.29. The minimum Gasteiger partial charge on any atom is -0.345 e. The molecular formula is C16H10N6O2. The van der Waals surface area contributed by atoms with Crippen LogP contribution in [0.1, 0.15) is 15.9 Å². The highest BCUT2D eigenvalue weighted by Crippen LogP contribution is 2.37. The van der Waals surface area contributed by atoms with Crippen LogP contribution in [0.2, 0.25) is 0 Å². The fourth-order valence-corrected chi connectivity index (χ4v) is 3.28. The maximum Gasteiger partial charge on any atom is 0.344 e. The second-order valence-electron chi connectivity index (χ2n) is 5.96. The second-order valence-corrected chi connectivity index (χ2v) is 5.96. The van der Waals surface area contributed by atoms with Gasteiger partial charge in [-0.2, -0.15) is 15.0 Å². The largest absolute Gasteiger partial charge is 0.345 e. The van der Waals surface area contributed by atoms with Gasteiger partial charge in [-0.15, -0.1) is 0 Å². The van der Waals surface area contributed by atoms with Crippen molar-refractivity contribution in [2.45, 2.75) is 0 Å². The summed E-state index contributed by atoms with van der Waals surface area (Å²) in [5.74, 6) is -0.296.